The molecule has 0 spiro atoms. The molecule has 0 aliphatic rings. The van der Waals surface area contributed by atoms with Gasteiger partial charge in [-0.2, -0.15) is 0 Å². The highest BCUT2D eigenvalue weighted by Gasteiger charge is 2.33. The molecule has 232 valence electrons. The topological polar surface area (TPSA) is 172 Å². The van der Waals surface area contributed by atoms with Crippen LogP contribution in [0.4, 0.5) is 4.79 Å². The normalized spacial score (nSPS) is 14.0. The summed E-state index contributed by atoms with van der Waals surface area (Å²) in [6.45, 7) is 7.84. The fourth-order valence-electron chi connectivity index (χ4n) is 3.45. The van der Waals surface area contributed by atoms with Crippen molar-refractivity contribution < 1.29 is 53.3 Å². The third kappa shape index (κ3) is 10.9. The molecule has 0 aliphatic heterocycles. The number of carbonyl (C=O) groups excluding carboxylic acids is 3. The Bertz CT molecular complexity index is 1140. The predicted molar refractivity (Wildman–Crippen MR) is 148 cm³/mol. The number of rotatable bonds is 16. The van der Waals surface area contributed by atoms with Gasteiger partial charge >= 0.3 is 12.1 Å². The number of amides is 1. The van der Waals surface area contributed by atoms with Crippen molar-refractivity contribution >= 4 is 18.0 Å². The third-order valence-electron chi connectivity index (χ3n) is 5.66. The van der Waals surface area contributed by atoms with Crippen LogP contribution in [0.15, 0.2) is 42.6 Å². The second-order valence-electron chi connectivity index (χ2n) is 10.1. The van der Waals surface area contributed by atoms with Gasteiger partial charge in [-0.05, 0) is 18.4 Å². The number of nitrogens with one attached hydrogen (secondary N) is 1. The summed E-state index contributed by atoms with van der Waals surface area (Å²) in [4.78, 5) is 52.1. The molecule has 3 N–H and O–H groups in total. The predicted octanol–water partition coefficient (Wildman–Crippen LogP) is 2.82. The summed E-state index contributed by atoms with van der Waals surface area (Å²) < 4.78 is 20.9. The number of benzene rings is 1. The van der Waals surface area contributed by atoms with E-state index in [0.717, 1.165) is 5.56 Å². The summed E-state index contributed by atoms with van der Waals surface area (Å²) in [6.07, 6.45) is -4.40. The summed E-state index contributed by atoms with van der Waals surface area (Å²) in [6, 6.07) is 10.5. The lowest BCUT2D eigenvalue weighted by Crippen LogP contribution is -2.45. The van der Waals surface area contributed by atoms with Gasteiger partial charge in [-0.1, -0.05) is 58.0 Å². The van der Waals surface area contributed by atoms with Gasteiger partial charge in [-0.25, -0.2) is 19.6 Å². The van der Waals surface area contributed by atoms with Crippen LogP contribution in [0.25, 0.3) is 0 Å². The standard InChI is InChI=1S/C29H40N2O11/c1-17(2)16-38-29(36)40-26-22(37-6)12-13-30-24(26)27(34)31-23(15-32)42-41-19(5)25(39-28(35)18(3)4)21(33)14-20-10-8-7-9-11-20/h7-13,17-19,21,23,25,32-33H,14-16H2,1-6H3,(H,31,34)/t19-,21+,23-,25-/m0/s1. The molecule has 0 aliphatic carbocycles. The molecule has 2 rings (SSSR count). The highest BCUT2D eigenvalue weighted by atomic mass is 17.2. The molecule has 0 unspecified atom stereocenters. The molecule has 0 fully saturated rings. The van der Waals surface area contributed by atoms with Gasteiger partial charge in [0.15, 0.2) is 23.8 Å². The van der Waals surface area contributed by atoms with Crippen molar-refractivity contribution in [3.63, 3.8) is 0 Å². The van der Waals surface area contributed by atoms with Crippen molar-refractivity contribution in [2.45, 2.75) is 65.6 Å². The van der Waals surface area contributed by atoms with Crippen LogP contribution in [0, 0.1) is 11.8 Å². The van der Waals surface area contributed by atoms with E-state index in [0.29, 0.717) is 0 Å². The van der Waals surface area contributed by atoms with E-state index in [1.807, 2.05) is 44.2 Å². The molecule has 1 amide bonds. The van der Waals surface area contributed by atoms with Gasteiger partial charge in [0.1, 0.15) is 6.10 Å². The number of aliphatic hydroxyl groups is 2. The van der Waals surface area contributed by atoms with Crippen molar-refractivity contribution in [1.82, 2.24) is 10.3 Å². The third-order valence-corrected chi connectivity index (χ3v) is 5.66. The zero-order valence-electron chi connectivity index (χ0n) is 24.6. The first kappa shape index (κ1) is 34.4. The lowest BCUT2D eigenvalue weighted by molar-refractivity contribution is -0.369. The number of pyridine rings is 1. The molecule has 0 saturated carbocycles. The van der Waals surface area contributed by atoms with Gasteiger partial charge in [0.25, 0.3) is 5.91 Å². The van der Waals surface area contributed by atoms with Crippen LogP contribution >= 0.6 is 0 Å². The van der Waals surface area contributed by atoms with Crippen molar-refractivity contribution in [3.8, 4) is 11.5 Å². The molecule has 42 heavy (non-hydrogen) atoms. The van der Waals surface area contributed by atoms with Gasteiger partial charge in [0.2, 0.25) is 5.75 Å². The Hall–Kier alpha value is -3.78. The number of ether oxygens (including phenoxy) is 4. The number of carbonyl (C=O) groups is 3. The Kier molecular flexibility index (Phi) is 14.1. The molecular weight excluding hydrogens is 552 g/mol. The first-order chi connectivity index (χ1) is 20.0. The van der Waals surface area contributed by atoms with E-state index in [4.69, 9.17) is 28.7 Å². The van der Waals surface area contributed by atoms with Crippen LogP contribution in [0.1, 0.15) is 50.7 Å². The van der Waals surface area contributed by atoms with Crippen LogP contribution in [-0.2, 0) is 30.5 Å². The lowest BCUT2D eigenvalue weighted by Gasteiger charge is -2.29. The van der Waals surface area contributed by atoms with Gasteiger partial charge in [-0.15, -0.1) is 0 Å². The lowest BCUT2D eigenvalue weighted by atomic mass is 10.0. The van der Waals surface area contributed by atoms with Gasteiger partial charge in [0, 0.05) is 18.7 Å². The zero-order chi connectivity index (χ0) is 31.2. The first-order valence-electron chi connectivity index (χ1n) is 13.5. The van der Waals surface area contributed by atoms with Crippen molar-refractivity contribution in [3.05, 3.63) is 53.9 Å². The molecule has 2 aromatic rings. The van der Waals surface area contributed by atoms with Crippen LogP contribution < -0.4 is 14.8 Å². The molecule has 1 aromatic carbocycles. The molecule has 0 radical (unpaired) electrons. The van der Waals surface area contributed by atoms with Gasteiger partial charge in [0.05, 0.1) is 32.3 Å². The van der Waals surface area contributed by atoms with Crippen LogP contribution in [0.5, 0.6) is 11.5 Å². The Balaban J connectivity index is 2.12. The molecule has 1 heterocycles. The minimum Gasteiger partial charge on any atom is -0.493 e. The molecule has 0 bridgehead atoms. The summed E-state index contributed by atoms with van der Waals surface area (Å²) >= 11 is 0. The van der Waals surface area contributed by atoms with Crippen LogP contribution in [0.2, 0.25) is 0 Å². The fourth-order valence-corrected chi connectivity index (χ4v) is 3.45. The second kappa shape index (κ2) is 17.2. The molecule has 1 aromatic heterocycles. The second-order valence-corrected chi connectivity index (χ2v) is 10.1. The van der Waals surface area contributed by atoms with Crippen LogP contribution in [-0.4, -0.2) is 78.1 Å². The monoisotopic (exact) mass is 592 g/mol. The molecule has 0 saturated heterocycles. The Morgan fingerprint density at radius 1 is 1.00 bits per heavy atom. The first-order valence-corrected chi connectivity index (χ1v) is 13.5. The average molecular weight is 593 g/mol. The van der Waals surface area contributed by atoms with Crippen molar-refractivity contribution in [2.75, 3.05) is 20.3 Å². The molecule has 13 nitrogen and oxygen atoms in total. The fraction of sp³-hybridized carbons (Fsp3) is 0.517. The Labute approximate surface area is 245 Å². The average Bonchev–Trinajstić information content (AvgIpc) is 2.96. The number of aromatic nitrogens is 1. The summed E-state index contributed by atoms with van der Waals surface area (Å²) in [5.74, 6) is -2.15. The van der Waals surface area contributed by atoms with E-state index in [-0.39, 0.29) is 36.1 Å². The van der Waals surface area contributed by atoms with E-state index in [1.54, 1.807) is 13.8 Å². The molecular formula is C29H40N2O11. The van der Waals surface area contributed by atoms with Crippen molar-refractivity contribution in [2.24, 2.45) is 11.8 Å². The summed E-state index contributed by atoms with van der Waals surface area (Å²) in [7, 11) is 1.31. The minimum absolute atomic E-state index is 0.0326. The molecule has 13 heteroatoms. The largest absolute Gasteiger partial charge is 0.514 e. The van der Waals surface area contributed by atoms with Crippen LogP contribution in [0.3, 0.4) is 0 Å². The van der Waals surface area contributed by atoms with E-state index in [1.165, 1.54) is 26.3 Å². The maximum absolute atomic E-state index is 13.0. The molecule has 4 atom stereocenters. The Morgan fingerprint density at radius 3 is 2.29 bits per heavy atom. The number of aliphatic hydroxyl groups excluding tert-OH is 2. The zero-order valence-corrected chi connectivity index (χ0v) is 24.6. The number of nitrogens with zero attached hydrogens (tertiary/aromatic N) is 1. The van der Waals surface area contributed by atoms with E-state index < -0.39 is 55.1 Å². The SMILES string of the molecule is COc1ccnc(C(=O)N[C@H](CO)OO[C@@H](C)[C@H](OC(=O)C(C)C)[C@H](O)Cc2ccccc2)c1OC(=O)OCC(C)C. The highest BCUT2D eigenvalue weighted by molar-refractivity contribution is 5.96. The Morgan fingerprint density at radius 2 is 1.69 bits per heavy atom. The van der Waals surface area contributed by atoms with E-state index >= 15 is 0 Å². The smallest absolute Gasteiger partial charge is 0.493 e. The number of hydrogen-bond donors (Lipinski definition) is 3. The summed E-state index contributed by atoms with van der Waals surface area (Å²) in [5, 5.41) is 23.1. The quantitative estimate of drug-likeness (QED) is 0.113. The summed E-state index contributed by atoms with van der Waals surface area (Å²) in [5.41, 5.74) is 0.453. The maximum atomic E-state index is 13.0. The van der Waals surface area contributed by atoms with E-state index in [2.05, 4.69) is 10.3 Å². The highest BCUT2D eigenvalue weighted by Crippen LogP contribution is 2.30. The van der Waals surface area contributed by atoms with Gasteiger partial charge in [-0.3, -0.25) is 9.59 Å². The number of esters is 1. The minimum atomic E-state index is -1.43. The van der Waals surface area contributed by atoms with Crippen molar-refractivity contribution in [1.29, 1.82) is 0 Å². The van der Waals surface area contributed by atoms with E-state index in [9.17, 15) is 24.6 Å². The van der Waals surface area contributed by atoms with Gasteiger partial charge < -0.3 is 34.5 Å². The number of hydrogen-bond acceptors (Lipinski definition) is 12. The number of methoxy groups -OCH3 is 1. The maximum Gasteiger partial charge on any atom is 0.514 e.